The first-order valence-corrected chi connectivity index (χ1v) is 9.91. The van der Waals surface area contributed by atoms with Gasteiger partial charge in [0.25, 0.3) is 5.91 Å². The van der Waals surface area contributed by atoms with Gasteiger partial charge in [-0.25, -0.2) is 8.42 Å². The fraction of sp³-hybridized carbons (Fsp3) is 0.188. The number of rotatable bonds is 6. The van der Waals surface area contributed by atoms with Gasteiger partial charge in [-0.1, -0.05) is 41.7 Å². The van der Waals surface area contributed by atoms with Crippen LogP contribution in [0.1, 0.15) is 6.92 Å². The van der Waals surface area contributed by atoms with Crippen LogP contribution >= 0.6 is 34.8 Å². The minimum absolute atomic E-state index is 0.0109. The summed E-state index contributed by atoms with van der Waals surface area (Å²) >= 11 is 17.7. The maximum absolute atomic E-state index is 11.9. The second-order valence-electron chi connectivity index (χ2n) is 4.96. The lowest BCUT2D eigenvalue weighted by molar-refractivity contribution is -0.118. The largest absolute Gasteiger partial charge is 0.482 e. The van der Waals surface area contributed by atoms with E-state index in [1.54, 1.807) is 6.92 Å². The number of anilines is 1. The van der Waals surface area contributed by atoms with Crippen molar-refractivity contribution in [2.75, 3.05) is 17.7 Å². The van der Waals surface area contributed by atoms with Crippen LogP contribution in [0.25, 0.3) is 0 Å². The van der Waals surface area contributed by atoms with Crippen molar-refractivity contribution in [3.8, 4) is 5.75 Å². The molecule has 0 aliphatic carbocycles. The summed E-state index contributed by atoms with van der Waals surface area (Å²) in [7, 11) is -3.28. The first-order valence-electron chi connectivity index (χ1n) is 7.13. The summed E-state index contributed by atoms with van der Waals surface area (Å²) in [5.74, 6) is -0.194. The Balaban J connectivity index is 1.98. The first kappa shape index (κ1) is 19.8. The molecule has 0 heterocycles. The van der Waals surface area contributed by atoms with Crippen LogP contribution in [0, 0.1) is 0 Å². The SMILES string of the molecule is CCS(=O)(=O)c1ccc(NC(=O)COc2cc(Cl)c(Cl)cc2Cl)cc1. The van der Waals surface area contributed by atoms with Gasteiger partial charge in [0.1, 0.15) is 5.75 Å². The second-order valence-corrected chi connectivity index (χ2v) is 8.46. The highest BCUT2D eigenvalue weighted by molar-refractivity contribution is 7.91. The number of sulfone groups is 1. The van der Waals surface area contributed by atoms with Crippen LogP contribution in [-0.2, 0) is 14.6 Å². The third-order valence-corrected chi connectivity index (χ3v) is 5.98. The van der Waals surface area contributed by atoms with Crippen LogP contribution in [-0.4, -0.2) is 26.7 Å². The number of hydrogen-bond donors (Lipinski definition) is 1. The normalized spacial score (nSPS) is 11.2. The highest BCUT2D eigenvalue weighted by atomic mass is 35.5. The number of ether oxygens (including phenoxy) is 1. The van der Waals surface area contributed by atoms with Gasteiger partial charge in [0.15, 0.2) is 16.4 Å². The summed E-state index contributed by atoms with van der Waals surface area (Å²) in [6.45, 7) is 1.27. The van der Waals surface area contributed by atoms with E-state index in [4.69, 9.17) is 39.5 Å². The lowest BCUT2D eigenvalue weighted by Gasteiger charge is -2.10. The standard InChI is InChI=1S/C16H14Cl3NO4S/c1-2-25(22,23)11-5-3-10(4-6-11)20-16(21)9-24-15-8-13(18)12(17)7-14(15)19/h3-8H,2,9H2,1H3,(H,20,21). The molecule has 1 N–H and O–H groups in total. The van der Waals surface area contributed by atoms with Crippen molar-refractivity contribution in [2.45, 2.75) is 11.8 Å². The lowest BCUT2D eigenvalue weighted by Crippen LogP contribution is -2.20. The van der Waals surface area contributed by atoms with Crippen molar-refractivity contribution in [1.29, 1.82) is 0 Å². The van der Waals surface area contributed by atoms with Gasteiger partial charge in [0, 0.05) is 11.8 Å². The molecule has 0 aliphatic rings. The molecule has 0 radical (unpaired) electrons. The van der Waals surface area contributed by atoms with Gasteiger partial charge in [0.05, 0.1) is 25.7 Å². The highest BCUT2D eigenvalue weighted by Gasteiger charge is 2.12. The molecule has 9 heteroatoms. The summed E-state index contributed by atoms with van der Waals surface area (Å²) < 4.78 is 28.8. The molecule has 0 unspecified atom stereocenters. The Morgan fingerprint density at radius 1 is 1.04 bits per heavy atom. The number of carbonyl (C=O) groups is 1. The van der Waals surface area contributed by atoms with Gasteiger partial charge >= 0.3 is 0 Å². The number of halogens is 3. The lowest BCUT2D eigenvalue weighted by atomic mass is 10.3. The molecule has 5 nitrogen and oxygen atoms in total. The van der Waals surface area contributed by atoms with Gasteiger partial charge in [-0.3, -0.25) is 4.79 Å². The molecule has 0 saturated heterocycles. The Hall–Kier alpha value is -1.47. The zero-order chi connectivity index (χ0) is 18.6. The minimum Gasteiger partial charge on any atom is -0.482 e. The average Bonchev–Trinajstić information content (AvgIpc) is 2.57. The van der Waals surface area contributed by atoms with Crippen LogP contribution < -0.4 is 10.1 Å². The molecule has 1 amide bonds. The molecule has 0 bridgehead atoms. The van der Waals surface area contributed by atoms with Crippen LogP contribution in [0.3, 0.4) is 0 Å². The summed E-state index contributed by atoms with van der Waals surface area (Å²) in [5.41, 5.74) is 0.448. The smallest absolute Gasteiger partial charge is 0.262 e. The van der Waals surface area contributed by atoms with E-state index in [2.05, 4.69) is 5.32 Å². The molecule has 134 valence electrons. The minimum atomic E-state index is -3.28. The number of amides is 1. The third kappa shape index (κ3) is 5.25. The van der Waals surface area contributed by atoms with Crippen molar-refractivity contribution in [3.05, 3.63) is 51.5 Å². The Bertz CT molecular complexity index is 883. The molecular formula is C16H14Cl3NO4S. The van der Waals surface area contributed by atoms with Gasteiger partial charge in [-0.2, -0.15) is 0 Å². The van der Waals surface area contributed by atoms with E-state index >= 15 is 0 Å². The zero-order valence-corrected chi connectivity index (χ0v) is 16.1. The molecule has 0 saturated carbocycles. The molecule has 0 fully saturated rings. The van der Waals surface area contributed by atoms with Crippen LogP contribution in [0.2, 0.25) is 15.1 Å². The summed E-state index contributed by atoms with van der Waals surface area (Å²) in [4.78, 5) is 12.1. The zero-order valence-electron chi connectivity index (χ0n) is 13.1. The quantitative estimate of drug-likeness (QED) is 0.698. The topological polar surface area (TPSA) is 72.5 Å². The van der Waals surface area contributed by atoms with Crippen LogP contribution in [0.5, 0.6) is 5.75 Å². The molecule has 0 aliphatic heterocycles. The van der Waals surface area contributed by atoms with E-state index in [1.807, 2.05) is 0 Å². The van der Waals surface area contributed by atoms with E-state index in [-0.39, 0.29) is 38.1 Å². The predicted octanol–water partition coefficient (Wildman–Crippen LogP) is 4.46. The molecule has 25 heavy (non-hydrogen) atoms. The van der Waals surface area contributed by atoms with E-state index in [0.29, 0.717) is 5.69 Å². The number of nitrogens with one attached hydrogen (secondary N) is 1. The average molecular weight is 423 g/mol. The fourth-order valence-electron chi connectivity index (χ4n) is 1.87. The van der Waals surface area contributed by atoms with Crippen LogP contribution in [0.15, 0.2) is 41.3 Å². The summed E-state index contributed by atoms with van der Waals surface area (Å²) in [6.07, 6.45) is 0. The van der Waals surface area contributed by atoms with E-state index in [1.165, 1.54) is 36.4 Å². The highest BCUT2D eigenvalue weighted by Crippen LogP contribution is 2.33. The molecule has 0 atom stereocenters. The maximum Gasteiger partial charge on any atom is 0.262 e. The van der Waals surface area contributed by atoms with Gasteiger partial charge < -0.3 is 10.1 Å². The summed E-state index contributed by atoms with van der Waals surface area (Å²) in [6, 6.07) is 8.73. The summed E-state index contributed by atoms with van der Waals surface area (Å²) in [5, 5.41) is 3.37. The second kappa shape index (κ2) is 8.27. The predicted molar refractivity (Wildman–Crippen MR) is 99.8 cm³/mol. The molecule has 0 aromatic heterocycles. The van der Waals surface area contributed by atoms with Crippen molar-refractivity contribution in [2.24, 2.45) is 0 Å². The molecule has 2 aromatic rings. The van der Waals surface area contributed by atoms with Crippen molar-refractivity contribution >= 4 is 56.2 Å². The molecule has 2 rings (SSSR count). The Labute approximate surface area is 160 Å². The third-order valence-electron chi connectivity index (χ3n) is 3.21. The number of hydrogen-bond acceptors (Lipinski definition) is 4. The van der Waals surface area contributed by atoms with E-state index in [9.17, 15) is 13.2 Å². The van der Waals surface area contributed by atoms with E-state index in [0.717, 1.165) is 0 Å². The number of carbonyl (C=O) groups excluding carboxylic acids is 1. The van der Waals surface area contributed by atoms with Crippen LogP contribution in [0.4, 0.5) is 5.69 Å². The Morgan fingerprint density at radius 3 is 2.24 bits per heavy atom. The molecule has 2 aromatic carbocycles. The Kier molecular flexibility index (Phi) is 6.57. The van der Waals surface area contributed by atoms with Crippen molar-refractivity contribution in [3.63, 3.8) is 0 Å². The maximum atomic E-state index is 11.9. The van der Waals surface area contributed by atoms with Gasteiger partial charge in [-0.05, 0) is 30.3 Å². The first-order chi connectivity index (χ1) is 11.7. The monoisotopic (exact) mass is 421 g/mol. The fourth-order valence-corrected chi connectivity index (χ4v) is 3.34. The van der Waals surface area contributed by atoms with E-state index < -0.39 is 15.7 Å². The van der Waals surface area contributed by atoms with Crippen molar-refractivity contribution in [1.82, 2.24) is 0 Å². The van der Waals surface area contributed by atoms with Gasteiger partial charge in [0.2, 0.25) is 0 Å². The van der Waals surface area contributed by atoms with Gasteiger partial charge in [-0.15, -0.1) is 0 Å². The van der Waals surface area contributed by atoms with Crippen molar-refractivity contribution < 1.29 is 17.9 Å². The number of benzene rings is 2. The molecular weight excluding hydrogens is 409 g/mol. The molecule has 0 spiro atoms. The Morgan fingerprint density at radius 2 is 1.64 bits per heavy atom.